The number of carbonyl (C=O) groups is 3. The molecule has 3 heterocycles. The van der Waals surface area contributed by atoms with Crippen LogP contribution in [0.1, 0.15) is 57.4 Å². The zero-order valence-corrected chi connectivity index (χ0v) is 24.3. The van der Waals surface area contributed by atoms with Crippen LogP contribution in [0.5, 0.6) is 0 Å². The number of benzene rings is 1. The van der Waals surface area contributed by atoms with E-state index in [-0.39, 0.29) is 31.6 Å². The molecule has 2 unspecified atom stereocenters. The first-order valence-electron chi connectivity index (χ1n) is 14.2. The Morgan fingerprint density at radius 2 is 1.98 bits per heavy atom. The number of nitrogens with zero attached hydrogens (tertiary/aromatic N) is 2. The fourth-order valence-electron chi connectivity index (χ4n) is 6.92. The van der Waals surface area contributed by atoms with Gasteiger partial charge in [0.1, 0.15) is 17.6 Å². The number of unbranched alkanes of at least 4 members (excludes halogenated alkanes) is 3. The average molecular weight is 573 g/mol. The number of anilines is 1. The molecule has 0 radical (unpaired) electrons. The number of amides is 2. The smallest absolute Gasteiger partial charge is 0.312 e. The van der Waals surface area contributed by atoms with Crippen molar-refractivity contribution in [3.8, 4) is 0 Å². The molecule has 0 aromatic heterocycles. The largest absolute Gasteiger partial charge is 0.465 e. The fourth-order valence-corrected chi connectivity index (χ4v) is 7.24. The molecule has 1 spiro atoms. The second kappa shape index (κ2) is 12.5. The number of hydrogen-bond donors (Lipinski definition) is 1. The Morgan fingerprint density at radius 1 is 1.23 bits per heavy atom. The molecule has 3 aliphatic rings. The summed E-state index contributed by atoms with van der Waals surface area (Å²) in [5.41, 5.74) is -0.654. The monoisotopic (exact) mass is 572 g/mol. The van der Waals surface area contributed by atoms with Crippen LogP contribution < -0.4 is 4.90 Å². The number of ether oxygens (including phenoxy) is 2. The lowest BCUT2D eigenvalue weighted by Crippen LogP contribution is -2.56. The van der Waals surface area contributed by atoms with Crippen molar-refractivity contribution in [3.63, 3.8) is 0 Å². The first-order chi connectivity index (χ1) is 19.2. The van der Waals surface area contributed by atoms with Crippen molar-refractivity contribution < 1.29 is 29.0 Å². The molecule has 0 saturated carbocycles. The lowest BCUT2D eigenvalue weighted by Gasteiger charge is -2.37. The van der Waals surface area contributed by atoms with Crippen LogP contribution in [-0.2, 0) is 23.9 Å². The predicted molar refractivity (Wildman–Crippen MR) is 154 cm³/mol. The molecule has 3 fully saturated rings. The summed E-state index contributed by atoms with van der Waals surface area (Å²) in [6.45, 7) is 12.1. The van der Waals surface area contributed by atoms with Gasteiger partial charge in [-0.25, -0.2) is 0 Å². The highest BCUT2D eigenvalue weighted by atomic mass is 35.5. The number of fused-ring (bicyclic) bond motifs is 1. The lowest BCUT2D eigenvalue weighted by atomic mass is 9.66. The molecule has 3 saturated heterocycles. The molecule has 8 nitrogen and oxygen atoms in total. The maximum absolute atomic E-state index is 14.6. The molecule has 1 aromatic carbocycles. The standard InChI is InChI=1S/C31H41ClN2O6/c1-5-7-20-39-29(38)24-23-27(36)34(18-10-8-9-11-19-35)26(31(23)16-15-30(24,4)40-31)28(37)33(17-6-2)25-21(3)13-12-14-22(25)32/h5-6,12-14,23-24,26,35H,1-2,7-11,15-20H2,3-4H3/t23-,24-,26?,30+,31?/m0/s1. The van der Waals surface area contributed by atoms with Crippen LogP contribution in [0.3, 0.4) is 0 Å². The van der Waals surface area contributed by atoms with Gasteiger partial charge in [-0.3, -0.25) is 14.4 Å². The number of hydrogen-bond acceptors (Lipinski definition) is 6. The van der Waals surface area contributed by atoms with Crippen molar-refractivity contribution in [2.45, 2.75) is 76.0 Å². The van der Waals surface area contributed by atoms with Crippen molar-refractivity contribution >= 4 is 35.1 Å². The van der Waals surface area contributed by atoms with E-state index in [1.54, 1.807) is 28.0 Å². The molecule has 1 N–H and O–H groups in total. The van der Waals surface area contributed by atoms with Gasteiger partial charge in [-0.1, -0.05) is 48.7 Å². The summed E-state index contributed by atoms with van der Waals surface area (Å²) in [7, 11) is 0. The molecule has 4 rings (SSSR count). The van der Waals surface area contributed by atoms with Crippen LogP contribution in [0.25, 0.3) is 0 Å². The van der Waals surface area contributed by atoms with Gasteiger partial charge in [0.15, 0.2) is 0 Å². The van der Waals surface area contributed by atoms with E-state index < -0.39 is 35.0 Å². The zero-order chi connectivity index (χ0) is 29.1. The highest BCUT2D eigenvalue weighted by molar-refractivity contribution is 6.34. The van der Waals surface area contributed by atoms with Crippen molar-refractivity contribution in [2.24, 2.45) is 11.8 Å². The third-order valence-electron chi connectivity index (χ3n) is 8.67. The fraction of sp³-hybridized carbons (Fsp3) is 0.581. The molecule has 5 atom stereocenters. The second-order valence-electron chi connectivity index (χ2n) is 11.3. The summed E-state index contributed by atoms with van der Waals surface area (Å²) >= 11 is 6.61. The van der Waals surface area contributed by atoms with E-state index in [0.717, 1.165) is 18.4 Å². The van der Waals surface area contributed by atoms with E-state index in [0.29, 0.717) is 49.4 Å². The van der Waals surface area contributed by atoms with Gasteiger partial charge in [0.25, 0.3) is 5.91 Å². The highest BCUT2D eigenvalue weighted by Gasteiger charge is 2.78. The summed E-state index contributed by atoms with van der Waals surface area (Å²) in [6.07, 6.45) is 7.81. The topological polar surface area (TPSA) is 96.4 Å². The van der Waals surface area contributed by atoms with Gasteiger partial charge in [0.2, 0.25) is 5.91 Å². The van der Waals surface area contributed by atoms with E-state index in [4.69, 9.17) is 26.2 Å². The third kappa shape index (κ3) is 5.21. The maximum atomic E-state index is 14.6. The number of para-hydroxylation sites is 1. The quantitative estimate of drug-likeness (QED) is 0.199. The zero-order valence-electron chi connectivity index (χ0n) is 23.6. The van der Waals surface area contributed by atoms with Crippen LogP contribution in [-0.4, -0.2) is 71.3 Å². The second-order valence-corrected chi connectivity index (χ2v) is 11.7. The van der Waals surface area contributed by atoms with E-state index in [1.807, 2.05) is 26.0 Å². The number of likely N-dealkylation sites (tertiary alicyclic amines) is 1. The molecule has 40 heavy (non-hydrogen) atoms. The molecular formula is C31H41ClN2O6. The minimum Gasteiger partial charge on any atom is -0.465 e. The van der Waals surface area contributed by atoms with Crippen molar-refractivity contribution in [2.75, 3.05) is 31.2 Å². The van der Waals surface area contributed by atoms with Crippen LogP contribution in [0.2, 0.25) is 5.02 Å². The summed E-state index contributed by atoms with van der Waals surface area (Å²) in [5, 5.41) is 9.59. The molecule has 3 aliphatic heterocycles. The Hall–Kier alpha value is -2.68. The average Bonchev–Trinajstić information content (AvgIpc) is 3.48. The minimum atomic E-state index is -1.15. The third-order valence-corrected chi connectivity index (χ3v) is 8.98. The van der Waals surface area contributed by atoms with Crippen molar-refractivity contribution in [1.82, 2.24) is 4.90 Å². The van der Waals surface area contributed by atoms with Crippen molar-refractivity contribution in [3.05, 3.63) is 54.1 Å². The van der Waals surface area contributed by atoms with Crippen molar-refractivity contribution in [1.29, 1.82) is 0 Å². The molecular weight excluding hydrogens is 532 g/mol. The summed E-state index contributed by atoms with van der Waals surface area (Å²) < 4.78 is 12.3. The predicted octanol–water partition coefficient (Wildman–Crippen LogP) is 4.60. The Kier molecular flexibility index (Phi) is 9.43. The Morgan fingerprint density at radius 3 is 2.65 bits per heavy atom. The molecule has 0 aliphatic carbocycles. The van der Waals surface area contributed by atoms with Gasteiger partial charge in [0, 0.05) is 19.7 Å². The van der Waals surface area contributed by atoms with Gasteiger partial charge >= 0.3 is 5.97 Å². The molecule has 1 aromatic rings. The lowest BCUT2D eigenvalue weighted by molar-refractivity contribution is -0.159. The van der Waals surface area contributed by atoms with E-state index in [2.05, 4.69) is 13.2 Å². The SMILES string of the molecule is C=CCCOC(=O)[C@@H]1[C@H]2C(=O)N(CCCCCCO)C(C(=O)N(CC=C)c3c(C)cccc3Cl)C23CC[C@@]1(C)O3. The van der Waals surface area contributed by atoms with Gasteiger partial charge in [-0.05, 0) is 57.6 Å². The number of aryl methyl sites for hydroxylation is 1. The Balaban J connectivity index is 1.74. The van der Waals surface area contributed by atoms with E-state index in [1.165, 1.54) is 0 Å². The Bertz CT molecular complexity index is 1140. The van der Waals surface area contributed by atoms with Crippen LogP contribution >= 0.6 is 11.6 Å². The van der Waals surface area contributed by atoms with Gasteiger partial charge < -0.3 is 24.4 Å². The summed E-state index contributed by atoms with van der Waals surface area (Å²) in [5.74, 6) is -2.63. The van der Waals surface area contributed by atoms with Gasteiger partial charge in [-0.15, -0.1) is 13.2 Å². The van der Waals surface area contributed by atoms with Crippen LogP contribution in [0.4, 0.5) is 5.69 Å². The van der Waals surface area contributed by atoms with Crippen LogP contribution in [0.15, 0.2) is 43.5 Å². The highest BCUT2D eigenvalue weighted by Crippen LogP contribution is 2.63. The normalized spacial score (nSPS) is 28.4. The van der Waals surface area contributed by atoms with Gasteiger partial charge in [0.05, 0.1) is 28.8 Å². The molecule has 2 bridgehead atoms. The number of aliphatic hydroxyl groups excluding tert-OH is 1. The van der Waals surface area contributed by atoms with E-state index >= 15 is 0 Å². The minimum absolute atomic E-state index is 0.116. The Labute approximate surface area is 241 Å². The number of aliphatic hydroxyl groups is 1. The summed E-state index contributed by atoms with van der Waals surface area (Å²) in [4.78, 5) is 45.5. The number of carbonyl (C=O) groups excluding carboxylic acids is 3. The maximum Gasteiger partial charge on any atom is 0.312 e. The van der Waals surface area contributed by atoms with Gasteiger partial charge in [-0.2, -0.15) is 0 Å². The van der Waals surface area contributed by atoms with E-state index in [9.17, 15) is 14.4 Å². The number of esters is 1. The molecule has 2 amide bonds. The number of halogens is 1. The summed E-state index contributed by atoms with van der Waals surface area (Å²) in [6, 6.07) is 4.53. The molecule has 9 heteroatoms. The number of rotatable bonds is 14. The first kappa shape index (κ1) is 30.3. The van der Waals surface area contributed by atoms with Crippen LogP contribution in [0, 0.1) is 18.8 Å². The first-order valence-corrected chi connectivity index (χ1v) is 14.6. The molecule has 218 valence electrons.